The normalized spacial score (nSPS) is 23.8. The van der Waals surface area contributed by atoms with Gasteiger partial charge in [0.15, 0.2) is 0 Å². The lowest BCUT2D eigenvalue weighted by Gasteiger charge is -2.29. The minimum absolute atomic E-state index is 0.282. The lowest BCUT2D eigenvalue weighted by atomic mass is 9.97. The number of nitrogens with one attached hydrogen (secondary N) is 1. The predicted octanol–water partition coefficient (Wildman–Crippen LogP) is 2.20. The zero-order valence-corrected chi connectivity index (χ0v) is 12.9. The fraction of sp³-hybridized carbons (Fsp3) is 0.500. The first-order chi connectivity index (χ1) is 8.93. The van der Waals surface area contributed by atoms with Crippen LogP contribution in [-0.2, 0) is 4.79 Å². The lowest BCUT2D eigenvalue weighted by Crippen LogP contribution is -2.53. The molecule has 2 rings (SSSR count). The maximum atomic E-state index is 11.9. The number of likely N-dealkylation sites (tertiary alicyclic amines) is 1. The summed E-state index contributed by atoms with van der Waals surface area (Å²) in [5, 5.41) is 3.33. The molecule has 4 nitrogen and oxygen atoms in total. The second kappa shape index (κ2) is 5.51. The van der Waals surface area contributed by atoms with Gasteiger partial charge in [0.05, 0.1) is 0 Å². The van der Waals surface area contributed by atoms with Crippen LogP contribution >= 0.6 is 15.9 Å². The molecule has 104 valence electrons. The molecule has 1 saturated heterocycles. The Labute approximate surface area is 122 Å². The molecule has 0 saturated carbocycles. The van der Waals surface area contributed by atoms with E-state index in [4.69, 9.17) is 5.73 Å². The van der Waals surface area contributed by atoms with Gasteiger partial charge in [-0.1, -0.05) is 22.0 Å². The summed E-state index contributed by atoms with van der Waals surface area (Å²) in [6.07, 6.45) is 0.743. The summed E-state index contributed by atoms with van der Waals surface area (Å²) in [4.78, 5) is 14.2. The first kappa shape index (κ1) is 14.3. The van der Waals surface area contributed by atoms with Gasteiger partial charge in [-0.3, -0.25) is 9.69 Å². The Morgan fingerprint density at radius 3 is 2.79 bits per heavy atom. The minimum Gasteiger partial charge on any atom is -0.370 e. The third-order valence-corrected chi connectivity index (χ3v) is 4.20. The summed E-state index contributed by atoms with van der Waals surface area (Å²) in [5.74, 6) is -0.282. The first-order valence-corrected chi connectivity index (χ1v) is 7.30. The standard InChI is InChI=1S/C14H20BrN3O/c1-10(2)18-7-6-14(9-18,13(16)19)17-12-5-3-4-11(15)8-12/h3-5,8,10,17H,6-7,9H2,1-2H3,(H2,16,19). The Kier molecular flexibility index (Phi) is 4.16. The number of primary amides is 1. The number of nitrogens with zero attached hydrogens (tertiary/aromatic N) is 1. The molecular formula is C14H20BrN3O. The van der Waals surface area contributed by atoms with Crippen LogP contribution in [0.1, 0.15) is 20.3 Å². The quantitative estimate of drug-likeness (QED) is 0.892. The molecule has 1 aliphatic rings. The molecule has 1 unspecified atom stereocenters. The topological polar surface area (TPSA) is 58.4 Å². The van der Waals surface area contributed by atoms with Crippen molar-refractivity contribution >= 4 is 27.5 Å². The average Bonchev–Trinajstić information content (AvgIpc) is 2.75. The molecule has 1 amide bonds. The smallest absolute Gasteiger partial charge is 0.244 e. The predicted molar refractivity (Wildman–Crippen MR) is 81.0 cm³/mol. The van der Waals surface area contributed by atoms with Gasteiger partial charge in [-0.05, 0) is 38.5 Å². The van der Waals surface area contributed by atoms with Gasteiger partial charge in [0, 0.05) is 29.3 Å². The highest BCUT2D eigenvalue weighted by Crippen LogP contribution is 2.28. The number of rotatable bonds is 4. The second-order valence-electron chi connectivity index (χ2n) is 5.40. The lowest BCUT2D eigenvalue weighted by molar-refractivity contribution is -0.122. The van der Waals surface area contributed by atoms with E-state index in [0.29, 0.717) is 12.6 Å². The van der Waals surface area contributed by atoms with Crippen molar-refractivity contribution in [1.29, 1.82) is 0 Å². The van der Waals surface area contributed by atoms with Gasteiger partial charge in [-0.25, -0.2) is 0 Å². The number of carbonyl (C=O) groups excluding carboxylic acids is 1. The van der Waals surface area contributed by atoms with E-state index in [9.17, 15) is 4.79 Å². The molecule has 0 aliphatic carbocycles. The van der Waals surface area contributed by atoms with Gasteiger partial charge in [0.25, 0.3) is 0 Å². The number of anilines is 1. The molecule has 1 fully saturated rings. The van der Waals surface area contributed by atoms with Crippen molar-refractivity contribution in [3.63, 3.8) is 0 Å². The molecular weight excluding hydrogens is 306 g/mol. The molecule has 1 atom stereocenters. The molecule has 0 aromatic heterocycles. The number of nitrogens with two attached hydrogens (primary N) is 1. The van der Waals surface area contributed by atoms with Crippen LogP contribution in [0.15, 0.2) is 28.7 Å². The SMILES string of the molecule is CC(C)N1CCC(Nc2cccc(Br)c2)(C(N)=O)C1. The van der Waals surface area contributed by atoms with Gasteiger partial charge in [-0.15, -0.1) is 0 Å². The zero-order chi connectivity index (χ0) is 14.0. The molecule has 0 radical (unpaired) electrons. The third kappa shape index (κ3) is 3.09. The van der Waals surface area contributed by atoms with Gasteiger partial charge in [0.1, 0.15) is 5.54 Å². The Balaban J connectivity index is 2.20. The average molecular weight is 326 g/mol. The molecule has 1 aliphatic heterocycles. The molecule has 1 aromatic rings. The first-order valence-electron chi connectivity index (χ1n) is 6.51. The number of halogens is 1. The molecule has 0 bridgehead atoms. The van der Waals surface area contributed by atoms with Crippen LogP contribution in [-0.4, -0.2) is 35.5 Å². The number of hydrogen-bond acceptors (Lipinski definition) is 3. The zero-order valence-electron chi connectivity index (χ0n) is 11.3. The van der Waals surface area contributed by atoms with Crippen LogP contribution in [0.3, 0.4) is 0 Å². The highest BCUT2D eigenvalue weighted by Gasteiger charge is 2.43. The number of hydrogen-bond donors (Lipinski definition) is 2. The van der Waals surface area contributed by atoms with Crippen molar-refractivity contribution in [1.82, 2.24) is 4.90 Å². The van der Waals surface area contributed by atoms with E-state index in [1.807, 2.05) is 24.3 Å². The summed E-state index contributed by atoms with van der Waals surface area (Å²) < 4.78 is 0.982. The Morgan fingerprint density at radius 2 is 2.26 bits per heavy atom. The van der Waals surface area contributed by atoms with Crippen LogP contribution in [0.25, 0.3) is 0 Å². The molecule has 3 N–H and O–H groups in total. The molecule has 0 spiro atoms. The number of benzene rings is 1. The van der Waals surface area contributed by atoms with E-state index in [2.05, 4.69) is 40.0 Å². The van der Waals surface area contributed by atoms with Crippen LogP contribution in [0.2, 0.25) is 0 Å². The minimum atomic E-state index is -0.662. The summed E-state index contributed by atoms with van der Waals surface area (Å²) in [6, 6.07) is 8.23. The van der Waals surface area contributed by atoms with E-state index < -0.39 is 5.54 Å². The van der Waals surface area contributed by atoms with Gasteiger partial charge < -0.3 is 11.1 Å². The van der Waals surface area contributed by atoms with E-state index in [1.54, 1.807) is 0 Å². The van der Waals surface area contributed by atoms with Crippen molar-refractivity contribution in [2.75, 3.05) is 18.4 Å². The summed E-state index contributed by atoms with van der Waals surface area (Å²) >= 11 is 3.43. The van der Waals surface area contributed by atoms with E-state index in [1.165, 1.54) is 0 Å². The number of carbonyl (C=O) groups is 1. The summed E-state index contributed by atoms with van der Waals surface area (Å²) in [6.45, 7) is 5.82. The van der Waals surface area contributed by atoms with Crippen LogP contribution in [0.5, 0.6) is 0 Å². The monoisotopic (exact) mass is 325 g/mol. The third-order valence-electron chi connectivity index (χ3n) is 3.71. The number of amides is 1. The summed E-state index contributed by atoms with van der Waals surface area (Å²) in [7, 11) is 0. The van der Waals surface area contributed by atoms with E-state index in [0.717, 1.165) is 23.1 Å². The van der Waals surface area contributed by atoms with Crippen LogP contribution in [0.4, 0.5) is 5.69 Å². The van der Waals surface area contributed by atoms with Crippen molar-refractivity contribution in [2.45, 2.75) is 31.8 Å². The molecule has 1 aromatic carbocycles. The Bertz CT molecular complexity index is 478. The van der Waals surface area contributed by atoms with E-state index >= 15 is 0 Å². The van der Waals surface area contributed by atoms with Crippen LogP contribution in [0, 0.1) is 0 Å². The second-order valence-corrected chi connectivity index (χ2v) is 6.31. The Hall–Kier alpha value is -1.07. The Morgan fingerprint density at radius 1 is 1.53 bits per heavy atom. The largest absolute Gasteiger partial charge is 0.370 e. The van der Waals surface area contributed by atoms with Crippen molar-refractivity contribution < 1.29 is 4.79 Å². The van der Waals surface area contributed by atoms with E-state index in [-0.39, 0.29) is 5.91 Å². The van der Waals surface area contributed by atoms with Crippen molar-refractivity contribution in [3.8, 4) is 0 Å². The van der Waals surface area contributed by atoms with Crippen molar-refractivity contribution in [3.05, 3.63) is 28.7 Å². The molecule has 19 heavy (non-hydrogen) atoms. The molecule has 1 heterocycles. The van der Waals surface area contributed by atoms with Gasteiger partial charge in [-0.2, -0.15) is 0 Å². The molecule has 5 heteroatoms. The maximum Gasteiger partial charge on any atom is 0.244 e. The fourth-order valence-electron chi connectivity index (χ4n) is 2.49. The van der Waals surface area contributed by atoms with Gasteiger partial charge in [0.2, 0.25) is 5.91 Å². The maximum absolute atomic E-state index is 11.9. The van der Waals surface area contributed by atoms with Crippen molar-refractivity contribution in [2.24, 2.45) is 5.73 Å². The highest BCUT2D eigenvalue weighted by molar-refractivity contribution is 9.10. The van der Waals surface area contributed by atoms with Gasteiger partial charge >= 0.3 is 0 Å². The van der Waals surface area contributed by atoms with Crippen LogP contribution < -0.4 is 11.1 Å². The fourth-order valence-corrected chi connectivity index (χ4v) is 2.89. The highest BCUT2D eigenvalue weighted by atomic mass is 79.9. The summed E-state index contributed by atoms with van der Waals surface area (Å²) in [5.41, 5.74) is 5.90.